The SMILES string of the molecule is CCOC(=O)c1noc2nc(C)nc(Nc3cccc(Cl)c3)c12. The number of rotatable bonds is 4. The molecule has 0 aliphatic carbocycles. The Bertz CT molecular complexity index is 878. The molecule has 118 valence electrons. The number of halogens is 1. The largest absolute Gasteiger partial charge is 0.461 e. The standard InChI is InChI=1S/C15H13ClN4O3/c1-3-22-15(21)12-11-13(17-8(2)18-14(11)23-20-12)19-10-6-4-5-9(16)7-10/h4-7H,3H2,1-2H3,(H,17,18,19). The third-order valence-corrected chi connectivity index (χ3v) is 3.24. The highest BCUT2D eigenvalue weighted by Crippen LogP contribution is 2.28. The Morgan fingerprint density at radius 1 is 1.39 bits per heavy atom. The average Bonchev–Trinajstić information content (AvgIpc) is 2.91. The molecule has 8 heteroatoms. The normalized spacial score (nSPS) is 10.7. The van der Waals surface area contributed by atoms with E-state index in [2.05, 4.69) is 20.4 Å². The zero-order valence-electron chi connectivity index (χ0n) is 12.5. The van der Waals surface area contributed by atoms with Crippen LogP contribution in [0.25, 0.3) is 11.1 Å². The van der Waals surface area contributed by atoms with Crippen LogP contribution in [-0.2, 0) is 4.74 Å². The van der Waals surface area contributed by atoms with Crippen molar-refractivity contribution in [2.75, 3.05) is 11.9 Å². The van der Waals surface area contributed by atoms with Crippen LogP contribution in [0.3, 0.4) is 0 Å². The molecular formula is C15H13ClN4O3. The van der Waals surface area contributed by atoms with Gasteiger partial charge in [-0.3, -0.25) is 0 Å². The van der Waals surface area contributed by atoms with E-state index >= 15 is 0 Å². The van der Waals surface area contributed by atoms with E-state index in [4.69, 9.17) is 20.9 Å². The van der Waals surface area contributed by atoms with Gasteiger partial charge in [0.05, 0.1) is 6.61 Å². The summed E-state index contributed by atoms with van der Waals surface area (Å²) in [5.74, 6) is 0.292. The third kappa shape index (κ3) is 3.09. The number of anilines is 2. The molecule has 0 bridgehead atoms. The van der Waals surface area contributed by atoms with E-state index in [9.17, 15) is 4.79 Å². The Morgan fingerprint density at radius 2 is 2.22 bits per heavy atom. The first-order valence-electron chi connectivity index (χ1n) is 6.92. The summed E-state index contributed by atoms with van der Waals surface area (Å²) in [5, 5.41) is 7.81. The van der Waals surface area contributed by atoms with Gasteiger partial charge in [-0.15, -0.1) is 0 Å². The number of aryl methyl sites for hydroxylation is 1. The molecule has 0 atom stereocenters. The van der Waals surface area contributed by atoms with Crippen LogP contribution in [0, 0.1) is 6.92 Å². The van der Waals surface area contributed by atoms with Crippen molar-refractivity contribution in [2.24, 2.45) is 0 Å². The minimum absolute atomic E-state index is 0.0337. The van der Waals surface area contributed by atoms with Gasteiger partial charge in [0.15, 0.2) is 0 Å². The predicted octanol–water partition coefficient (Wildman–Crippen LogP) is 3.50. The van der Waals surface area contributed by atoms with Gasteiger partial charge in [0.2, 0.25) is 5.69 Å². The van der Waals surface area contributed by atoms with Gasteiger partial charge >= 0.3 is 5.97 Å². The van der Waals surface area contributed by atoms with Gasteiger partial charge in [0.25, 0.3) is 5.71 Å². The predicted molar refractivity (Wildman–Crippen MR) is 85.0 cm³/mol. The fraction of sp³-hybridized carbons (Fsp3) is 0.200. The Hall–Kier alpha value is -2.67. The molecule has 0 aliphatic heterocycles. The quantitative estimate of drug-likeness (QED) is 0.731. The molecule has 1 N–H and O–H groups in total. The van der Waals surface area contributed by atoms with E-state index in [0.717, 1.165) is 0 Å². The smallest absolute Gasteiger partial charge is 0.361 e. The first-order chi connectivity index (χ1) is 11.1. The number of carbonyl (C=O) groups excluding carboxylic acids is 1. The van der Waals surface area contributed by atoms with Gasteiger partial charge in [-0.1, -0.05) is 22.8 Å². The Balaban J connectivity index is 2.11. The van der Waals surface area contributed by atoms with E-state index in [1.54, 1.807) is 32.0 Å². The number of nitrogens with one attached hydrogen (secondary N) is 1. The maximum Gasteiger partial charge on any atom is 0.361 e. The summed E-state index contributed by atoms with van der Waals surface area (Å²) in [6, 6.07) is 7.13. The molecule has 0 saturated heterocycles. The molecule has 0 unspecified atom stereocenters. The van der Waals surface area contributed by atoms with Crippen LogP contribution in [0.2, 0.25) is 5.02 Å². The maximum absolute atomic E-state index is 12.0. The zero-order valence-corrected chi connectivity index (χ0v) is 13.2. The van der Waals surface area contributed by atoms with E-state index < -0.39 is 5.97 Å². The molecule has 0 radical (unpaired) electrons. The molecule has 7 nitrogen and oxygen atoms in total. The topological polar surface area (TPSA) is 90.1 Å². The van der Waals surface area contributed by atoms with Gasteiger partial charge in [0, 0.05) is 10.7 Å². The van der Waals surface area contributed by atoms with Crippen LogP contribution in [0.5, 0.6) is 0 Å². The lowest BCUT2D eigenvalue weighted by atomic mass is 10.2. The number of nitrogens with zero attached hydrogens (tertiary/aromatic N) is 3. The number of benzene rings is 1. The van der Waals surface area contributed by atoms with E-state index in [1.807, 2.05) is 6.07 Å². The van der Waals surface area contributed by atoms with Crippen LogP contribution < -0.4 is 5.32 Å². The van der Waals surface area contributed by atoms with Gasteiger partial charge in [-0.05, 0) is 32.0 Å². The highest BCUT2D eigenvalue weighted by molar-refractivity contribution is 6.30. The molecule has 0 aliphatic rings. The zero-order chi connectivity index (χ0) is 16.4. The van der Waals surface area contributed by atoms with Crippen molar-refractivity contribution in [1.82, 2.24) is 15.1 Å². The minimum Gasteiger partial charge on any atom is -0.461 e. The highest BCUT2D eigenvalue weighted by Gasteiger charge is 2.23. The van der Waals surface area contributed by atoms with E-state index in [0.29, 0.717) is 27.7 Å². The molecule has 3 rings (SSSR count). The number of carbonyl (C=O) groups is 1. The maximum atomic E-state index is 12.0. The van der Waals surface area contributed by atoms with Crippen molar-refractivity contribution in [3.05, 3.63) is 40.8 Å². The summed E-state index contributed by atoms with van der Waals surface area (Å²) in [6.45, 7) is 3.66. The van der Waals surface area contributed by atoms with Crippen LogP contribution in [0.15, 0.2) is 28.8 Å². The summed E-state index contributed by atoms with van der Waals surface area (Å²) in [7, 11) is 0. The molecule has 23 heavy (non-hydrogen) atoms. The van der Waals surface area contributed by atoms with Crippen LogP contribution >= 0.6 is 11.6 Å². The van der Waals surface area contributed by atoms with Crippen molar-refractivity contribution >= 4 is 40.2 Å². The first-order valence-corrected chi connectivity index (χ1v) is 7.30. The molecular weight excluding hydrogens is 320 g/mol. The second kappa shape index (κ2) is 6.21. The van der Waals surface area contributed by atoms with Gasteiger partial charge < -0.3 is 14.6 Å². The number of ether oxygens (including phenoxy) is 1. The van der Waals surface area contributed by atoms with Crippen LogP contribution in [0.4, 0.5) is 11.5 Å². The fourth-order valence-electron chi connectivity index (χ4n) is 2.09. The number of esters is 1. The van der Waals surface area contributed by atoms with Crippen molar-refractivity contribution < 1.29 is 14.1 Å². The van der Waals surface area contributed by atoms with Crippen molar-refractivity contribution in [3.63, 3.8) is 0 Å². The number of hydrogen-bond acceptors (Lipinski definition) is 7. The fourth-order valence-corrected chi connectivity index (χ4v) is 2.28. The average molecular weight is 333 g/mol. The summed E-state index contributed by atoms with van der Waals surface area (Å²) < 4.78 is 10.1. The lowest BCUT2D eigenvalue weighted by molar-refractivity contribution is 0.0517. The number of fused-ring (bicyclic) bond motifs is 1. The molecule has 2 aromatic heterocycles. The van der Waals surface area contributed by atoms with Gasteiger partial charge in [0.1, 0.15) is 17.0 Å². The molecule has 2 heterocycles. The molecule has 0 spiro atoms. The molecule has 3 aromatic rings. The van der Waals surface area contributed by atoms with Crippen LogP contribution in [-0.4, -0.2) is 27.7 Å². The number of aromatic nitrogens is 3. The Kier molecular flexibility index (Phi) is 4.12. The Labute approximate surface area is 136 Å². The first kappa shape index (κ1) is 15.2. The summed E-state index contributed by atoms with van der Waals surface area (Å²) in [5.41, 5.74) is 0.962. The molecule has 0 fully saturated rings. The summed E-state index contributed by atoms with van der Waals surface area (Å²) in [6.07, 6.45) is 0. The third-order valence-electron chi connectivity index (χ3n) is 3.00. The van der Waals surface area contributed by atoms with Crippen molar-refractivity contribution in [2.45, 2.75) is 13.8 Å². The second-order valence-electron chi connectivity index (χ2n) is 4.69. The van der Waals surface area contributed by atoms with Gasteiger partial charge in [-0.25, -0.2) is 9.78 Å². The lowest BCUT2D eigenvalue weighted by Gasteiger charge is -2.08. The van der Waals surface area contributed by atoms with Gasteiger partial charge in [-0.2, -0.15) is 4.98 Å². The monoisotopic (exact) mass is 332 g/mol. The summed E-state index contributed by atoms with van der Waals surface area (Å²) >= 11 is 5.98. The lowest BCUT2D eigenvalue weighted by Crippen LogP contribution is -2.07. The second-order valence-corrected chi connectivity index (χ2v) is 5.12. The molecule has 0 amide bonds. The highest BCUT2D eigenvalue weighted by atomic mass is 35.5. The summed E-state index contributed by atoms with van der Waals surface area (Å²) in [4.78, 5) is 20.5. The molecule has 1 aromatic carbocycles. The number of hydrogen-bond donors (Lipinski definition) is 1. The van der Waals surface area contributed by atoms with Crippen molar-refractivity contribution in [1.29, 1.82) is 0 Å². The molecule has 0 saturated carbocycles. The Morgan fingerprint density at radius 3 is 2.96 bits per heavy atom. The van der Waals surface area contributed by atoms with E-state index in [-0.39, 0.29) is 18.0 Å². The van der Waals surface area contributed by atoms with Crippen LogP contribution in [0.1, 0.15) is 23.2 Å². The van der Waals surface area contributed by atoms with Crippen molar-refractivity contribution in [3.8, 4) is 0 Å². The minimum atomic E-state index is -0.590. The van der Waals surface area contributed by atoms with E-state index in [1.165, 1.54) is 0 Å².